The molecule has 0 radical (unpaired) electrons. The zero-order valence-electron chi connectivity index (χ0n) is 17.9. The Bertz CT molecular complexity index is 1160. The van der Waals surface area contributed by atoms with Crippen molar-refractivity contribution in [2.24, 2.45) is 0 Å². The zero-order chi connectivity index (χ0) is 22.5. The number of fused-ring (bicyclic) bond motifs is 1. The van der Waals surface area contributed by atoms with Gasteiger partial charge in [0.2, 0.25) is 0 Å². The lowest BCUT2D eigenvalue weighted by Crippen LogP contribution is -2.40. The minimum Gasteiger partial charge on any atom is -0.494 e. The molecule has 0 saturated carbocycles. The SMILES string of the molecule is CCOc1ccc2[nH]c(=O)c(CN(CC3CCCO3)C(=S)Nc3cccc(Cl)c3)cc2c1. The number of halogens is 1. The van der Waals surface area contributed by atoms with Gasteiger partial charge in [0, 0.05) is 40.3 Å². The maximum Gasteiger partial charge on any atom is 0.253 e. The molecule has 1 atom stereocenters. The Morgan fingerprint density at radius 1 is 1.31 bits per heavy atom. The van der Waals surface area contributed by atoms with E-state index in [0.29, 0.717) is 35.4 Å². The molecule has 2 aromatic carbocycles. The number of pyridine rings is 1. The van der Waals surface area contributed by atoms with Crippen molar-refractivity contribution >= 4 is 45.5 Å². The maximum atomic E-state index is 12.8. The van der Waals surface area contributed by atoms with E-state index in [1.807, 2.05) is 60.4 Å². The highest BCUT2D eigenvalue weighted by atomic mass is 35.5. The van der Waals surface area contributed by atoms with Gasteiger partial charge in [-0.2, -0.15) is 0 Å². The fourth-order valence-corrected chi connectivity index (χ4v) is 4.28. The molecule has 2 N–H and O–H groups in total. The molecule has 1 aromatic heterocycles. The molecule has 1 aliphatic heterocycles. The van der Waals surface area contributed by atoms with Crippen LogP contribution in [-0.2, 0) is 11.3 Å². The van der Waals surface area contributed by atoms with Crippen molar-refractivity contribution < 1.29 is 9.47 Å². The molecule has 1 aliphatic rings. The van der Waals surface area contributed by atoms with Crippen LogP contribution in [-0.4, -0.2) is 40.9 Å². The summed E-state index contributed by atoms with van der Waals surface area (Å²) in [5, 5.41) is 5.30. The first kappa shape index (κ1) is 22.6. The summed E-state index contributed by atoms with van der Waals surface area (Å²) in [6, 6.07) is 15.0. The predicted molar refractivity (Wildman–Crippen MR) is 133 cm³/mol. The number of H-pyrrole nitrogens is 1. The smallest absolute Gasteiger partial charge is 0.253 e. The van der Waals surface area contributed by atoms with Crippen LogP contribution < -0.4 is 15.6 Å². The lowest BCUT2D eigenvalue weighted by Gasteiger charge is -2.28. The Morgan fingerprint density at radius 2 is 2.19 bits per heavy atom. The van der Waals surface area contributed by atoms with Crippen molar-refractivity contribution in [1.29, 1.82) is 0 Å². The highest BCUT2D eigenvalue weighted by Crippen LogP contribution is 2.21. The highest BCUT2D eigenvalue weighted by molar-refractivity contribution is 7.80. The summed E-state index contributed by atoms with van der Waals surface area (Å²) in [4.78, 5) is 17.8. The molecule has 0 aliphatic carbocycles. The van der Waals surface area contributed by atoms with Gasteiger partial charge in [0.05, 0.1) is 19.3 Å². The predicted octanol–water partition coefficient (Wildman–Crippen LogP) is 4.96. The third kappa shape index (κ3) is 5.59. The quantitative estimate of drug-likeness (QED) is 0.475. The number of anilines is 1. The fraction of sp³-hybridized carbons (Fsp3) is 0.333. The Labute approximate surface area is 197 Å². The van der Waals surface area contributed by atoms with Crippen LogP contribution in [0.5, 0.6) is 5.75 Å². The van der Waals surface area contributed by atoms with E-state index in [2.05, 4.69) is 10.3 Å². The number of aromatic amines is 1. The second kappa shape index (κ2) is 10.3. The summed E-state index contributed by atoms with van der Waals surface area (Å²) in [7, 11) is 0. The molecule has 1 saturated heterocycles. The van der Waals surface area contributed by atoms with Gasteiger partial charge in [0.15, 0.2) is 5.11 Å². The molecular formula is C24H26ClN3O3S. The van der Waals surface area contributed by atoms with E-state index in [4.69, 9.17) is 33.3 Å². The molecule has 6 nitrogen and oxygen atoms in total. The van der Waals surface area contributed by atoms with Gasteiger partial charge >= 0.3 is 0 Å². The number of nitrogens with one attached hydrogen (secondary N) is 2. The number of ether oxygens (including phenoxy) is 2. The molecule has 168 valence electrons. The van der Waals surface area contributed by atoms with Crippen LogP contribution in [0.1, 0.15) is 25.3 Å². The van der Waals surface area contributed by atoms with E-state index < -0.39 is 0 Å². The molecule has 0 amide bonds. The average Bonchev–Trinajstić information content (AvgIpc) is 3.27. The Balaban J connectivity index is 1.60. The number of thiocarbonyl (C=S) groups is 1. The van der Waals surface area contributed by atoms with Crippen LogP contribution >= 0.6 is 23.8 Å². The molecule has 2 heterocycles. The van der Waals surface area contributed by atoms with E-state index in [1.165, 1.54) is 0 Å². The molecule has 1 unspecified atom stereocenters. The first-order valence-corrected chi connectivity index (χ1v) is 11.5. The Morgan fingerprint density at radius 3 is 2.94 bits per heavy atom. The van der Waals surface area contributed by atoms with Crippen molar-refractivity contribution in [2.45, 2.75) is 32.4 Å². The van der Waals surface area contributed by atoms with E-state index in [-0.39, 0.29) is 11.7 Å². The molecule has 0 spiro atoms. The number of hydrogen-bond acceptors (Lipinski definition) is 4. The van der Waals surface area contributed by atoms with Crippen LogP contribution in [0.15, 0.2) is 53.3 Å². The van der Waals surface area contributed by atoms with Crippen molar-refractivity contribution in [2.75, 3.05) is 25.1 Å². The van der Waals surface area contributed by atoms with Crippen LogP contribution in [0.3, 0.4) is 0 Å². The van der Waals surface area contributed by atoms with Crippen molar-refractivity contribution in [3.8, 4) is 5.75 Å². The second-order valence-corrected chi connectivity index (χ2v) is 8.58. The minimum absolute atomic E-state index is 0.0817. The molecule has 3 aromatic rings. The van der Waals surface area contributed by atoms with Gasteiger partial charge in [-0.25, -0.2) is 0 Å². The zero-order valence-corrected chi connectivity index (χ0v) is 19.5. The summed E-state index contributed by atoms with van der Waals surface area (Å²) >= 11 is 11.8. The fourth-order valence-electron chi connectivity index (χ4n) is 3.83. The van der Waals surface area contributed by atoms with Crippen LogP contribution in [0.4, 0.5) is 5.69 Å². The number of hydrogen-bond donors (Lipinski definition) is 2. The standard InChI is InChI=1S/C24H26ClN3O3S/c1-2-30-20-8-9-22-16(12-20)11-17(23(29)27-22)14-28(15-21-7-4-10-31-21)24(32)26-19-6-3-5-18(25)13-19/h3,5-6,8-9,11-13,21H,2,4,7,10,14-15H2,1H3,(H,26,32)(H,27,29). The third-order valence-corrected chi connectivity index (χ3v) is 5.97. The van der Waals surface area contributed by atoms with Gasteiger partial charge in [-0.3, -0.25) is 4.79 Å². The summed E-state index contributed by atoms with van der Waals surface area (Å²) in [6.07, 6.45) is 2.09. The van der Waals surface area contributed by atoms with E-state index >= 15 is 0 Å². The second-order valence-electron chi connectivity index (χ2n) is 7.76. The van der Waals surface area contributed by atoms with E-state index in [1.54, 1.807) is 0 Å². The average molecular weight is 472 g/mol. The summed E-state index contributed by atoms with van der Waals surface area (Å²) in [5.74, 6) is 0.771. The summed E-state index contributed by atoms with van der Waals surface area (Å²) in [6.45, 7) is 4.24. The lowest BCUT2D eigenvalue weighted by atomic mass is 10.1. The van der Waals surface area contributed by atoms with Crippen LogP contribution in [0, 0.1) is 0 Å². The van der Waals surface area contributed by atoms with Crippen molar-refractivity contribution in [3.05, 3.63) is 69.5 Å². The first-order valence-electron chi connectivity index (χ1n) is 10.7. The summed E-state index contributed by atoms with van der Waals surface area (Å²) < 4.78 is 11.4. The third-order valence-electron chi connectivity index (χ3n) is 5.38. The van der Waals surface area contributed by atoms with Crippen LogP contribution in [0.25, 0.3) is 10.9 Å². The van der Waals surface area contributed by atoms with E-state index in [9.17, 15) is 4.79 Å². The number of benzene rings is 2. The van der Waals surface area contributed by atoms with Crippen molar-refractivity contribution in [3.63, 3.8) is 0 Å². The first-order chi connectivity index (χ1) is 15.5. The minimum atomic E-state index is -0.135. The topological polar surface area (TPSA) is 66.6 Å². The van der Waals surface area contributed by atoms with Gasteiger partial charge in [-0.05, 0) is 74.4 Å². The Kier molecular flexibility index (Phi) is 7.29. The van der Waals surface area contributed by atoms with Crippen LogP contribution in [0.2, 0.25) is 5.02 Å². The molecule has 8 heteroatoms. The Hall–Kier alpha value is -2.61. The normalized spacial score (nSPS) is 15.6. The van der Waals surface area contributed by atoms with Crippen molar-refractivity contribution in [1.82, 2.24) is 9.88 Å². The molecule has 0 bridgehead atoms. The van der Waals surface area contributed by atoms with E-state index in [0.717, 1.165) is 41.8 Å². The molecule has 32 heavy (non-hydrogen) atoms. The number of aromatic nitrogens is 1. The lowest BCUT2D eigenvalue weighted by molar-refractivity contribution is 0.0904. The molecule has 1 fully saturated rings. The van der Waals surface area contributed by atoms with Gasteiger partial charge in [0.25, 0.3) is 5.56 Å². The van der Waals surface area contributed by atoms with Gasteiger partial charge in [-0.15, -0.1) is 0 Å². The van der Waals surface area contributed by atoms with Gasteiger partial charge < -0.3 is 24.7 Å². The number of nitrogens with zero attached hydrogens (tertiary/aromatic N) is 1. The number of rotatable bonds is 7. The van der Waals surface area contributed by atoms with Gasteiger partial charge in [0.1, 0.15) is 5.75 Å². The monoisotopic (exact) mass is 471 g/mol. The maximum absolute atomic E-state index is 12.8. The summed E-state index contributed by atoms with van der Waals surface area (Å²) in [5.41, 5.74) is 2.06. The largest absolute Gasteiger partial charge is 0.494 e. The highest BCUT2D eigenvalue weighted by Gasteiger charge is 2.22. The molecular weight excluding hydrogens is 446 g/mol. The molecule has 4 rings (SSSR count). The van der Waals surface area contributed by atoms with Gasteiger partial charge in [-0.1, -0.05) is 17.7 Å².